The van der Waals surface area contributed by atoms with Crippen LogP contribution in [-0.4, -0.2) is 10.9 Å². The average Bonchev–Trinajstić information content (AvgIpc) is 2.48. The van der Waals surface area contributed by atoms with Crippen LogP contribution >= 0.6 is 0 Å². The summed E-state index contributed by atoms with van der Waals surface area (Å²) in [6, 6.07) is 15.3. The van der Waals surface area contributed by atoms with Crippen LogP contribution in [-0.2, 0) is 0 Å². The monoisotopic (exact) mass is 263 g/mol. The van der Waals surface area contributed by atoms with E-state index in [1.165, 1.54) is 6.20 Å². The van der Waals surface area contributed by atoms with E-state index in [-0.39, 0.29) is 5.91 Å². The zero-order chi connectivity index (χ0) is 13.9. The minimum atomic E-state index is -0.235. The Kier molecular flexibility index (Phi) is 3.05. The van der Waals surface area contributed by atoms with Crippen molar-refractivity contribution in [2.75, 3.05) is 11.1 Å². The van der Waals surface area contributed by atoms with Crippen LogP contribution in [0.5, 0.6) is 0 Å². The Bertz CT molecular complexity index is 778. The van der Waals surface area contributed by atoms with Crippen molar-refractivity contribution in [1.82, 2.24) is 4.98 Å². The summed E-state index contributed by atoms with van der Waals surface area (Å²) in [5, 5.41) is 4.97. The van der Waals surface area contributed by atoms with Gasteiger partial charge in [0.25, 0.3) is 5.91 Å². The molecule has 3 N–H and O–H groups in total. The van der Waals surface area contributed by atoms with E-state index in [0.29, 0.717) is 11.3 Å². The van der Waals surface area contributed by atoms with Crippen molar-refractivity contribution in [2.24, 2.45) is 0 Å². The Hall–Kier alpha value is -2.88. The molecule has 1 amide bonds. The van der Waals surface area contributed by atoms with Crippen molar-refractivity contribution < 1.29 is 4.79 Å². The molecule has 0 unspecified atom stereocenters. The predicted octanol–water partition coefficient (Wildman–Crippen LogP) is 3.07. The number of fused-ring (bicyclic) bond motifs is 1. The summed E-state index contributed by atoms with van der Waals surface area (Å²) >= 11 is 0. The summed E-state index contributed by atoms with van der Waals surface area (Å²) in [4.78, 5) is 16.1. The first-order chi connectivity index (χ1) is 9.75. The first kappa shape index (κ1) is 12.2. The number of nitrogens with zero attached hydrogens (tertiary/aromatic N) is 1. The lowest BCUT2D eigenvalue weighted by Crippen LogP contribution is -2.14. The lowest BCUT2D eigenvalue weighted by atomic mass is 10.1. The SMILES string of the molecule is Nc1cnccc1C(=O)Nc1cccc2ccccc12. The van der Waals surface area contributed by atoms with Gasteiger partial charge in [-0.15, -0.1) is 0 Å². The molecule has 0 fully saturated rings. The normalized spacial score (nSPS) is 10.4. The second kappa shape index (κ2) is 5.01. The fraction of sp³-hybridized carbons (Fsp3) is 0. The van der Waals surface area contributed by atoms with Gasteiger partial charge in [0.2, 0.25) is 0 Å². The highest BCUT2D eigenvalue weighted by atomic mass is 16.1. The Morgan fingerprint density at radius 2 is 1.85 bits per heavy atom. The van der Waals surface area contributed by atoms with Gasteiger partial charge in [-0.2, -0.15) is 0 Å². The molecule has 98 valence electrons. The second-order valence-electron chi connectivity index (χ2n) is 4.44. The van der Waals surface area contributed by atoms with Crippen LogP contribution < -0.4 is 11.1 Å². The van der Waals surface area contributed by atoms with Gasteiger partial charge in [0, 0.05) is 17.3 Å². The maximum absolute atomic E-state index is 12.3. The van der Waals surface area contributed by atoms with Crippen LogP contribution in [0.15, 0.2) is 60.9 Å². The van der Waals surface area contributed by atoms with Crippen molar-refractivity contribution in [3.8, 4) is 0 Å². The van der Waals surface area contributed by atoms with Gasteiger partial charge < -0.3 is 11.1 Å². The zero-order valence-corrected chi connectivity index (χ0v) is 10.7. The van der Waals surface area contributed by atoms with Gasteiger partial charge in [0.1, 0.15) is 0 Å². The molecule has 2 aromatic carbocycles. The number of nitrogens with one attached hydrogen (secondary N) is 1. The Morgan fingerprint density at radius 3 is 2.70 bits per heavy atom. The summed E-state index contributed by atoms with van der Waals surface area (Å²) in [5.41, 5.74) is 7.32. The molecule has 0 aliphatic carbocycles. The Labute approximate surface area is 116 Å². The molecule has 4 heteroatoms. The standard InChI is InChI=1S/C16H13N3O/c17-14-10-18-9-8-13(14)16(20)19-15-7-3-5-11-4-1-2-6-12(11)15/h1-10H,17H2,(H,19,20). The molecular formula is C16H13N3O. The number of anilines is 2. The average molecular weight is 263 g/mol. The highest BCUT2D eigenvalue weighted by Gasteiger charge is 2.10. The lowest BCUT2D eigenvalue weighted by molar-refractivity contribution is 0.102. The molecule has 0 saturated carbocycles. The molecule has 3 rings (SSSR count). The van der Waals surface area contributed by atoms with Crippen LogP contribution in [0.25, 0.3) is 10.8 Å². The van der Waals surface area contributed by atoms with Gasteiger partial charge in [0.05, 0.1) is 17.4 Å². The van der Waals surface area contributed by atoms with Crippen LogP contribution in [0.1, 0.15) is 10.4 Å². The van der Waals surface area contributed by atoms with E-state index in [1.807, 2.05) is 42.5 Å². The van der Waals surface area contributed by atoms with Gasteiger partial charge in [-0.25, -0.2) is 0 Å². The van der Waals surface area contributed by atoms with E-state index in [2.05, 4.69) is 10.3 Å². The molecule has 1 heterocycles. The van der Waals surface area contributed by atoms with Crippen molar-refractivity contribution in [3.05, 3.63) is 66.5 Å². The number of rotatable bonds is 2. The van der Waals surface area contributed by atoms with Gasteiger partial charge >= 0.3 is 0 Å². The molecule has 0 bridgehead atoms. The quantitative estimate of drug-likeness (QED) is 0.746. The van der Waals surface area contributed by atoms with Crippen molar-refractivity contribution in [3.63, 3.8) is 0 Å². The number of carbonyl (C=O) groups excluding carboxylic acids is 1. The van der Waals surface area contributed by atoms with Gasteiger partial charge in [0.15, 0.2) is 0 Å². The summed E-state index contributed by atoms with van der Waals surface area (Å²) in [6.07, 6.45) is 3.02. The van der Waals surface area contributed by atoms with E-state index in [0.717, 1.165) is 16.5 Å². The van der Waals surface area contributed by atoms with Gasteiger partial charge in [-0.1, -0.05) is 36.4 Å². The van der Waals surface area contributed by atoms with Gasteiger partial charge in [-0.05, 0) is 17.5 Å². The van der Waals surface area contributed by atoms with Crippen LogP contribution in [0.3, 0.4) is 0 Å². The number of hydrogen-bond acceptors (Lipinski definition) is 3. The molecule has 3 aromatic rings. The first-order valence-corrected chi connectivity index (χ1v) is 6.24. The number of hydrogen-bond donors (Lipinski definition) is 2. The van der Waals surface area contributed by atoms with E-state index in [1.54, 1.807) is 12.3 Å². The summed E-state index contributed by atoms with van der Waals surface area (Å²) < 4.78 is 0. The first-order valence-electron chi connectivity index (χ1n) is 6.24. The third-order valence-corrected chi connectivity index (χ3v) is 3.13. The number of pyridine rings is 1. The smallest absolute Gasteiger partial charge is 0.257 e. The molecule has 4 nitrogen and oxygen atoms in total. The fourth-order valence-electron chi connectivity index (χ4n) is 2.14. The number of nitrogen functional groups attached to an aromatic ring is 1. The van der Waals surface area contributed by atoms with Crippen molar-refractivity contribution in [1.29, 1.82) is 0 Å². The zero-order valence-electron chi connectivity index (χ0n) is 10.7. The maximum atomic E-state index is 12.3. The molecule has 0 spiro atoms. The van der Waals surface area contributed by atoms with E-state index in [4.69, 9.17) is 5.73 Å². The maximum Gasteiger partial charge on any atom is 0.257 e. The van der Waals surface area contributed by atoms with Gasteiger partial charge in [-0.3, -0.25) is 9.78 Å². The van der Waals surface area contributed by atoms with E-state index in [9.17, 15) is 4.79 Å². The number of amides is 1. The number of aromatic nitrogens is 1. The molecule has 0 radical (unpaired) electrons. The minimum Gasteiger partial charge on any atom is -0.397 e. The summed E-state index contributed by atoms with van der Waals surface area (Å²) in [5.74, 6) is -0.235. The third kappa shape index (κ3) is 2.19. The number of benzene rings is 2. The highest BCUT2D eigenvalue weighted by molar-refractivity contribution is 6.11. The fourth-order valence-corrected chi connectivity index (χ4v) is 2.14. The topological polar surface area (TPSA) is 68.0 Å². The summed E-state index contributed by atoms with van der Waals surface area (Å²) in [6.45, 7) is 0. The Balaban J connectivity index is 1.98. The van der Waals surface area contributed by atoms with E-state index >= 15 is 0 Å². The van der Waals surface area contributed by atoms with E-state index < -0.39 is 0 Å². The summed E-state index contributed by atoms with van der Waals surface area (Å²) in [7, 11) is 0. The molecular weight excluding hydrogens is 250 g/mol. The second-order valence-corrected chi connectivity index (χ2v) is 4.44. The van der Waals surface area contributed by atoms with Crippen LogP contribution in [0.4, 0.5) is 11.4 Å². The van der Waals surface area contributed by atoms with Crippen LogP contribution in [0, 0.1) is 0 Å². The lowest BCUT2D eigenvalue weighted by Gasteiger charge is -2.09. The molecule has 0 aliphatic heterocycles. The highest BCUT2D eigenvalue weighted by Crippen LogP contribution is 2.24. The minimum absolute atomic E-state index is 0.235. The third-order valence-electron chi connectivity index (χ3n) is 3.13. The molecule has 20 heavy (non-hydrogen) atoms. The molecule has 0 saturated heterocycles. The van der Waals surface area contributed by atoms with Crippen molar-refractivity contribution >= 4 is 28.1 Å². The molecule has 1 aromatic heterocycles. The van der Waals surface area contributed by atoms with Crippen molar-refractivity contribution in [2.45, 2.75) is 0 Å². The Morgan fingerprint density at radius 1 is 1.05 bits per heavy atom. The number of carbonyl (C=O) groups is 1. The number of nitrogens with two attached hydrogens (primary N) is 1. The molecule has 0 aliphatic rings. The van der Waals surface area contributed by atoms with Crippen LogP contribution in [0.2, 0.25) is 0 Å². The largest absolute Gasteiger partial charge is 0.397 e. The predicted molar refractivity (Wildman–Crippen MR) is 80.6 cm³/mol. The molecule has 0 atom stereocenters.